The van der Waals surface area contributed by atoms with Gasteiger partial charge in [0.1, 0.15) is 0 Å². The van der Waals surface area contributed by atoms with Crippen LogP contribution < -0.4 is 5.32 Å². The summed E-state index contributed by atoms with van der Waals surface area (Å²) in [7, 11) is 1.36. The molecule has 0 amide bonds. The third-order valence-electron chi connectivity index (χ3n) is 3.51. The zero-order valence-corrected chi connectivity index (χ0v) is 13.4. The van der Waals surface area contributed by atoms with Gasteiger partial charge in [0.05, 0.1) is 18.4 Å². The summed E-state index contributed by atoms with van der Waals surface area (Å²) in [6.07, 6.45) is 5.16. The molecule has 0 aliphatic carbocycles. The number of nitrogens with zero attached hydrogens (tertiary/aromatic N) is 3. The summed E-state index contributed by atoms with van der Waals surface area (Å²) in [6.45, 7) is 1.90. The summed E-state index contributed by atoms with van der Waals surface area (Å²) >= 11 is 0. The Hall–Kier alpha value is -3.28. The standard InChI is InChI=1S/C18H16N4O2/c1-12-10-13(17(23)24-2)5-6-15(12)21-18-20-9-7-16(22-18)14-4-3-8-19-11-14/h3-11H,1-2H3,(H,20,21,22). The summed E-state index contributed by atoms with van der Waals surface area (Å²) in [4.78, 5) is 24.4. The van der Waals surface area contributed by atoms with Crippen molar-refractivity contribution < 1.29 is 9.53 Å². The second-order valence-electron chi connectivity index (χ2n) is 5.15. The van der Waals surface area contributed by atoms with Crippen LogP contribution in [0.4, 0.5) is 11.6 Å². The predicted molar refractivity (Wildman–Crippen MR) is 91.1 cm³/mol. The number of aryl methyl sites for hydroxylation is 1. The first-order valence-electron chi connectivity index (χ1n) is 7.37. The number of ether oxygens (including phenoxy) is 1. The average molecular weight is 320 g/mol. The van der Waals surface area contributed by atoms with Gasteiger partial charge in [-0.2, -0.15) is 0 Å². The zero-order valence-electron chi connectivity index (χ0n) is 13.4. The number of rotatable bonds is 4. The minimum Gasteiger partial charge on any atom is -0.465 e. The molecule has 0 fully saturated rings. The number of methoxy groups -OCH3 is 1. The fourth-order valence-electron chi connectivity index (χ4n) is 2.26. The first kappa shape index (κ1) is 15.6. The highest BCUT2D eigenvalue weighted by molar-refractivity contribution is 5.90. The van der Waals surface area contributed by atoms with E-state index in [0.29, 0.717) is 11.5 Å². The van der Waals surface area contributed by atoms with E-state index in [-0.39, 0.29) is 5.97 Å². The van der Waals surface area contributed by atoms with Crippen molar-refractivity contribution in [1.82, 2.24) is 15.0 Å². The monoisotopic (exact) mass is 320 g/mol. The lowest BCUT2D eigenvalue weighted by molar-refractivity contribution is 0.0600. The first-order valence-corrected chi connectivity index (χ1v) is 7.37. The Morgan fingerprint density at radius 3 is 2.75 bits per heavy atom. The fourth-order valence-corrected chi connectivity index (χ4v) is 2.26. The van der Waals surface area contributed by atoms with Crippen LogP contribution in [0, 0.1) is 6.92 Å². The third-order valence-corrected chi connectivity index (χ3v) is 3.51. The number of hydrogen-bond donors (Lipinski definition) is 1. The highest BCUT2D eigenvalue weighted by atomic mass is 16.5. The number of pyridine rings is 1. The van der Waals surface area contributed by atoms with Gasteiger partial charge in [-0.1, -0.05) is 0 Å². The summed E-state index contributed by atoms with van der Waals surface area (Å²) in [5.74, 6) is 0.116. The van der Waals surface area contributed by atoms with Gasteiger partial charge < -0.3 is 10.1 Å². The number of carbonyl (C=O) groups excluding carboxylic acids is 1. The molecule has 0 aliphatic rings. The Balaban J connectivity index is 1.85. The number of benzene rings is 1. The van der Waals surface area contributed by atoms with E-state index in [0.717, 1.165) is 22.5 Å². The van der Waals surface area contributed by atoms with Crippen molar-refractivity contribution in [2.75, 3.05) is 12.4 Å². The summed E-state index contributed by atoms with van der Waals surface area (Å²) in [5.41, 5.74) is 3.93. The van der Waals surface area contributed by atoms with Gasteiger partial charge >= 0.3 is 5.97 Å². The molecule has 24 heavy (non-hydrogen) atoms. The molecule has 120 valence electrons. The molecule has 0 atom stereocenters. The van der Waals surface area contributed by atoms with E-state index in [4.69, 9.17) is 4.74 Å². The Labute approximate surface area is 139 Å². The Bertz CT molecular complexity index is 866. The van der Waals surface area contributed by atoms with Crippen LogP contribution in [0.25, 0.3) is 11.3 Å². The van der Waals surface area contributed by atoms with Crippen molar-refractivity contribution in [2.24, 2.45) is 0 Å². The number of nitrogens with one attached hydrogen (secondary N) is 1. The highest BCUT2D eigenvalue weighted by Crippen LogP contribution is 2.22. The maximum atomic E-state index is 11.6. The topological polar surface area (TPSA) is 77.0 Å². The zero-order chi connectivity index (χ0) is 16.9. The van der Waals surface area contributed by atoms with E-state index < -0.39 is 0 Å². The second kappa shape index (κ2) is 6.87. The summed E-state index contributed by atoms with van der Waals surface area (Å²) in [6, 6.07) is 10.9. The number of carbonyl (C=O) groups is 1. The van der Waals surface area contributed by atoms with Crippen LogP contribution >= 0.6 is 0 Å². The molecule has 2 heterocycles. The number of anilines is 2. The fraction of sp³-hybridized carbons (Fsp3) is 0.111. The second-order valence-corrected chi connectivity index (χ2v) is 5.15. The van der Waals surface area contributed by atoms with Crippen LogP contribution in [0.15, 0.2) is 55.0 Å². The lowest BCUT2D eigenvalue weighted by atomic mass is 10.1. The normalized spacial score (nSPS) is 10.2. The predicted octanol–water partition coefficient (Wildman–Crippen LogP) is 3.38. The number of esters is 1. The summed E-state index contributed by atoms with van der Waals surface area (Å²) < 4.78 is 4.72. The molecule has 0 unspecified atom stereocenters. The minimum atomic E-state index is -0.362. The molecule has 3 aromatic rings. The maximum absolute atomic E-state index is 11.6. The van der Waals surface area contributed by atoms with Crippen LogP contribution in [-0.2, 0) is 4.74 Å². The van der Waals surface area contributed by atoms with Crippen molar-refractivity contribution in [1.29, 1.82) is 0 Å². The van der Waals surface area contributed by atoms with E-state index >= 15 is 0 Å². The molecule has 0 saturated heterocycles. The van der Waals surface area contributed by atoms with Crippen LogP contribution in [0.5, 0.6) is 0 Å². The van der Waals surface area contributed by atoms with Crippen LogP contribution in [0.2, 0.25) is 0 Å². The minimum absolute atomic E-state index is 0.362. The lowest BCUT2D eigenvalue weighted by Gasteiger charge is -2.10. The van der Waals surface area contributed by atoms with Gasteiger partial charge in [0.15, 0.2) is 0 Å². The molecule has 0 aliphatic heterocycles. The van der Waals surface area contributed by atoms with Gasteiger partial charge in [0.2, 0.25) is 5.95 Å². The smallest absolute Gasteiger partial charge is 0.337 e. The van der Waals surface area contributed by atoms with Crippen LogP contribution in [0.1, 0.15) is 15.9 Å². The largest absolute Gasteiger partial charge is 0.465 e. The van der Waals surface area contributed by atoms with E-state index in [1.54, 1.807) is 30.7 Å². The van der Waals surface area contributed by atoms with Gasteiger partial charge in [-0.05, 0) is 48.9 Å². The van der Waals surface area contributed by atoms with E-state index in [1.807, 2.05) is 31.2 Å². The molecule has 0 saturated carbocycles. The molecular weight excluding hydrogens is 304 g/mol. The van der Waals surface area contributed by atoms with Gasteiger partial charge in [-0.15, -0.1) is 0 Å². The van der Waals surface area contributed by atoms with Gasteiger partial charge in [0.25, 0.3) is 0 Å². The van der Waals surface area contributed by atoms with E-state index in [9.17, 15) is 4.79 Å². The Morgan fingerprint density at radius 1 is 1.17 bits per heavy atom. The molecule has 0 bridgehead atoms. The van der Waals surface area contributed by atoms with Crippen molar-refractivity contribution in [2.45, 2.75) is 6.92 Å². The van der Waals surface area contributed by atoms with Gasteiger partial charge in [-0.25, -0.2) is 14.8 Å². The molecule has 1 aromatic carbocycles. The Kier molecular flexibility index (Phi) is 4.47. The molecular formula is C18H16N4O2. The van der Waals surface area contributed by atoms with Crippen molar-refractivity contribution >= 4 is 17.6 Å². The third kappa shape index (κ3) is 3.38. The number of hydrogen-bond acceptors (Lipinski definition) is 6. The SMILES string of the molecule is COC(=O)c1ccc(Nc2nccc(-c3cccnc3)n2)c(C)c1. The van der Waals surface area contributed by atoms with E-state index in [2.05, 4.69) is 20.3 Å². The van der Waals surface area contributed by atoms with Crippen LogP contribution in [-0.4, -0.2) is 28.0 Å². The maximum Gasteiger partial charge on any atom is 0.337 e. The molecule has 6 heteroatoms. The van der Waals surface area contributed by atoms with Gasteiger partial charge in [0, 0.05) is 29.8 Å². The molecule has 1 N–H and O–H groups in total. The highest BCUT2D eigenvalue weighted by Gasteiger charge is 2.09. The van der Waals surface area contributed by atoms with Crippen molar-refractivity contribution in [3.63, 3.8) is 0 Å². The molecule has 2 aromatic heterocycles. The average Bonchev–Trinajstić information content (AvgIpc) is 2.63. The molecule has 6 nitrogen and oxygen atoms in total. The quantitative estimate of drug-likeness (QED) is 0.743. The first-order chi connectivity index (χ1) is 11.7. The van der Waals surface area contributed by atoms with Crippen molar-refractivity contribution in [3.8, 4) is 11.3 Å². The molecule has 0 radical (unpaired) electrons. The van der Waals surface area contributed by atoms with Crippen molar-refractivity contribution in [3.05, 3.63) is 66.1 Å². The molecule has 0 spiro atoms. The van der Waals surface area contributed by atoms with Gasteiger partial charge in [-0.3, -0.25) is 4.98 Å². The molecule has 3 rings (SSSR count). The summed E-state index contributed by atoms with van der Waals surface area (Å²) in [5, 5.41) is 3.17. The van der Waals surface area contributed by atoms with E-state index in [1.165, 1.54) is 7.11 Å². The number of aromatic nitrogens is 3. The Morgan fingerprint density at radius 2 is 2.04 bits per heavy atom. The van der Waals surface area contributed by atoms with Crippen LogP contribution in [0.3, 0.4) is 0 Å². The lowest BCUT2D eigenvalue weighted by Crippen LogP contribution is -2.04.